The van der Waals surface area contributed by atoms with Crippen LogP contribution in [0.4, 0.5) is 0 Å². The zero-order valence-electron chi connectivity index (χ0n) is 11.1. The molecular weight excluding hydrogens is 228 g/mol. The lowest BCUT2D eigenvalue weighted by Gasteiger charge is -2.34. The minimum absolute atomic E-state index is 0.258. The first-order valence-electron chi connectivity index (χ1n) is 6.75. The van der Waals surface area contributed by atoms with Crippen LogP contribution in [0.3, 0.4) is 0 Å². The molecule has 0 amide bonds. The van der Waals surface area contributed by atoms with E-state index in [1.165, 1.54) is 22.6 Å². The summed E-state index contributed by atoms with van der Waals surface area (Å²) in [5.74, 6) is 0. The van der Waals surface area contributed by atoms with Crippen molar-refractivity contribution in [2.45, 2.75) is 58.2 Å². The second-order valence-corrected chi connectivity index (χ2v) is 6.35. The molecule has 0 bridgehead atoms. The average molecular weight is 252 g/mol. The fourth-order valence-electron chi connectivity index (χ4n) is 2.54. The van der Waals surface area contributed by atoms with Gasteiger partial charge in [-0.1, -0.05) is 13.8 Å². The number of aryl methyl sites for hydroxylation is 1. The maximum Gasteiger partial charge on any atom is 0.0595 e. The first-order valence-corrected chi connectivity index (χ1v) is 7.56. The summed E-state index contributed by atoms with van der Waals surface area (Å²) < 4.78 is 0. The Bertz CT molecular complexity index is 357. The molecule has 1 saturated carbocycles. The van der Waals surface area contributed by atoms with Gasteiger partial charge in [-0.15, -0.1) is 11.3 Å². The van der Waals surface area contributed by atoms with Crippen LogP contribution < -0.4 is 5.73 Å². The molecule has 0 spiro atoms. The van der Waals surface area contributed by atoms with Crippen molar-refractivity contribution in [3.63, 3.8) is 0 Å². The molecule has 2 unspecified atom stereocenters. The van der Waals surface area contributed by atoms with E-state index in [9.17, 15) is 0 Å². The number of hydrogen-bond donors (Lipinski definition) is 1. The van der Waals surface area contributed by atoms with Gasteiger partial charge in [0.25, 0.3) is 0 Å². The number of hydrogen-bond acceptors (Lipinski definition) is 3. The molecule has 1 aromatic rings. The van der Waals surface area contributed by atoms with Crippen LogP contribution in [0.5, 0.6) is 0 Å². The average Bonchev–Trinajstić information content (AvgIpc) is 3.08. The van der Waals surface area contributed by atoms with Gasteiger partial charge in [0.2, 0.25) is 0 Å². The van der Waals surface area contributed by atoms with Crippen LogP contribution in [-0.2, 0) is 0 Å². The van der Waals surface area contributed by atoms with Gasteiger partial charge in [-0.25, -0.2) is 0 Å². The lowest BCUT2D eigenvalue weighted by molar-refractivity contribution is 0.171. The Hall–Kier alpha value is -0.380. The van der Waals surface area contributed by atoms with Crippen LogP contribution in [0.1, 0.15) is 48.9 Å². The smallest absolute Gasteiger partial charge is 0.0595 e. The molecule has 96 valence electrons. The molecule has 1 heterocycles. The first kappa shape index (κ1) is 13.1. The molecule has 1 fully saturated rings. The molecule has 0 aliphatic heterocycles. The monoisotopic (exact) mass is 252 g/mol. The number of nitrogens with two attached hydrogens (primary N) is 1. The third-order valence-electron chi connectivity index (χ3n) is 3.67. The molecule has 0 saturated heterocycles. The van der Waals surface area contributed by atoms with Crippen LogP contribution in [0, 0.1) is 6.92 Å². The van der Waals surface area contributed by atoms with Crippen LogP contribution in [0.2, 0.25) is 0 Å². The number of nitrogens with zero attached hydrogens (tertiary/aromatic N) is 1. The van der Waals surface area contributed by atoms with Gasteiger partial charge in [0.1, 0.15) is 0 Å². The Labute approximate surface area is 109 Å². The third kappa shape index (κ3) is 2.90. The minimum atomic E-state index is 0.258. The summed E-state index contributed by atoms with van der Waals surface area (Å²) in [5, 5.41) is 0. The lowest BCUT2D eigenvalue weighted by atomic mass is 10.0. The number of thiophene rings is 1. The molecule has 2 rings (SSSR count). The molecule has 0 radical (unpaired) electrons. The van der Waals surface area contributed by atoms with Gasteiger partial charge < -0.3 is 5.73 Å². The van der Waals surface area contributed by atoms with Crippen molar-refractivity contribution in [1.82, 2.24) is 4.90 Å². The van der Waals surface area contributed by atoms with E-state index in [-0.39, 0.29) is 6.04 Å². The summed E-state index contributed by atoms with van der Waals surface area (Å²) in [7, 11) is 0. The van der Waals surface area contributed by atoms with Gasteiger partial charge in [-0.05, 0) is 44.9 Å². The summed E-state index contributed by atoms with van der Waals surface area (Å²) in [5.41, 5.74) is 6.37. The Morgan fingerprint density at radius 3 is 2.53 bits per heavy atom. The van der Waals surface area contributed by atoms with Crippen LogP contribution >= 0.6 is 11.3 Å². The van der Waals surface area contributed by atoms with Crippen molar-refractivity contribution >= 4 is 11.3 Å². The largest absolute Gasteiger partial charge is 0.326 e. The Kier molecular flexibility index (Phi) is 4.23. The third-order valence-corrected chi connectivity index (χ3v) is 4.74. The molecular formula is C14H24N2S. The van der Waals surface area contributed by atoms with E-state index in [1.807, 2.05) is 11.3 Å². The molecule has 17 heavy (non-hydrogen) atoms. The van der Waals surface area contributed by atoms with Gasteiger partial charge in [0.15, 0.2) is 0 Å². The molecule has 1 aromatic heterocycles. The lowest BCUT2D eigenvalue weighted by Crippen LogP contribution is -2.41. The zero-order valence-corrected chi connectivity index (χ0v) is 12.0. The second-order valence-electron chi connectivity index (χ2n) is 5.03. The van der Waals surface area contributed by atoms with E-state index in [0.717, 1.165) is 19.0 Å². The summed E-state index contributed by atoms with van der Waals surface area (Å²) in [6, 6.07) is 5.95. The van der Waals surface area contributed by atoms with E-state index >= 15 is 0 Å². The normalized spacial score (nSPS) is 19.6. The number of likely N-dealkylation sites (N-methyl/N-ethyl adjacent to an activating group) is 1. The van der Waals surface area contributed by atoms with E-state index in [2.05, 4.69) is 37.8 Å². The summed E-state index contributed by atoms with van der Waals surface area (Å²) in [6.07, 6.45) is 3.75. The summed E-state index contributed by atoms with van der Waals surface area (Å²) in [4.78, 5) is 5.45. The Balaban J connectivity index is 2.23. The van der Waals surface area contributed by atoms with Crippen LogP contribution in [-0.4, -0.2) is 23.5 Å². The minimum Gasteiger partial charge on any atom is -0.326 e. The molecule has 3 heteroatoms. The highest BCUT2D eigenvalue weighted by molar-refractivity contribution is 7.12. The SMILES string of the molecule is CCC(N)C(c1ccc(C)s1)N(CC)C1CC1. The summed E-state index contributed by atoms with van der Waals surface area (Å²) >= 11 is 1.91. The van der Waals surface area contributed by atoms with Crippen molar-refractivity contribution in [3.8, 4) is 0 Å². The maximum atomic E-state index is 6.37. The maximum absolute atomic E-state index is 6.37. The van der Waals surface area contributed by atoms with Crippen LogP contribution in [0.25, 0.3) is 0 Å². The van der Waals surface area contributed by atoms with Crippen molar-refractivity contribution < 1.29 is 0 Å². The Morgan fingerprint density at radius 1 is 1.41 bits per heavy atom. The second kappa shape index (κ2) is 5.51. The van der Waals surface area contributed by atoms with Crippen molar-refractivity contribution in [2.24, 2.45) is 5.73 Å². The predicted molar refractivity (Wildman–Crippen MR) is 75.5 cm³/mol. The first-order chi connectivity index (χ1) is 8.17. The van der Waals surface area contributed by atoms with E-state index in [4.69, 9.17) is 5.73 Å². The fraction of sp³-hybridized carbons (Fsp3) is 0.714. The molecule has 1 aliphatic rings. The highest BCUT2D eigenvalue weighted by atomic mass is 32.1. The molecule has 2 N–H and O–H groups in total. The predicted octanol–water partition coefficient (Wildman–Crippen LogP) is 3.32. The van der Waals surface area contributed by atoms with Gasteiger partial charge in [-0.2, -0.15) is 0 Å². The quantitative estimate of drug-likeness (QED) is 0.841. The Morgan fingerprint density at radius 2 is 2.12 bits per heavy atom. The van der Waals surface area contributed by atoms with E-state index in [0.29, 0.717) is 6.04 Å². The van der Waals surface area contributed by atoms with Gasteiger partial charge >= 0.3 is 0 Å². The topological polar surface area (TPSA) is 29.3 Å². The van der Waals surface area contributed by atoms with Gasteiger partial charge in [-0.3, -0.25) is 4.90 Å². The molecule has 2 nitrogen and oxygen atoms in total. The molecule has 1 aliphatic carbocycles. The zero-order chi connectivity index (χ0) is 12.4. The number of rotatable bonds is 6. The molecule has 0 aromatic carbocycles. The van der Waals surface area contributed by atoms with Crippen molar-refractivity contribution in [1.29, 1.82) is 0 Å². The van der Waals surface area contributed by atoms with Gasteiger partial charge in [0.05, 0.1) is 6.04 Å². The van der Waals surface area contributed by atoms with E-state index in [1.54, 1.807) is 0 Å². The van der Waals surface area contributed by atoms with Crippen molar-refractivity contribution in [3.05, 3.63) is 21.9 Å². The van der Waals surface area contributed by atoms with Crippen LogP contribution in [0.15, 0.2) is 12.1 Å². The highest BCUT2D eigenvalue weighted by Crippen LogP contribution is 2.38. The highest BCUT2D eigenvalue weighted by Gasteiger charge is 2.36. The van der Waals surface area contributed by atoms with Crippen molar-refractivity contribution in [2.75, 3.05) is 6.54 Å². The standard InChI is InChI=1S/C14H24N2S/c1-4-12(15)14(13-9-6-10(3)17-13)16(5-2)11-7-8-11/h6,9,11-12,14H,4-5,7-8,15H2,1-3H3. The van der Waals surface area contributed by atoms with Gasteiger partial charge in [0, 0.05) is 21.8 Å². The van der Waals surface area contributed by atoms with E-state index < -0.39 is 0 Å². The summed E-state index contributed by atoms with van der Waals surface area (Å²) in [6.45, 7) is 7.74. The molecule has 2 atom stereocenters. The fourth-order valence-corrected chi connectivity index (χ4v) is 3.62.